The van der Waals surface area contributed by atoms with Gasteiger partial charge in [-0.15, -0.1) is 0 Å². The SMILES string of the molecule is O=S(=O)(Nc1ccccc1I)c1ccc2c(c1)OCCCO2. The highest BCUT2D eigenvalue weighted by Gasteiger charge is 2.19. The molecule has 7 heteroatoms. The summed E-state index contributed by atoms with van der Waals surface area (Å²) in [5, 5.41) is 0. The minimum atomic E-state index is -3.67. The molecule has 0 aliphatic carbocycles. The summed E-state index contributed by atoms with van der Waals surface area (Å²) in [6, 6.07) is 11.9. The smallest absolute Gasteiger partial charge is 0.262 e. The van der Waals surface area contributed by atoms with Gasteiger partial charge in [0.25, 0.3) is 10.0 Å². The summed E-state index contributed by atoms with van der Waals surface area (Å²) < 4.78 is 39.5. The number of hydrogen-bond acceptors (Lipinski definition) is 4. The molecule has 0 aromatic heterocycles. The fourth-order valence-corrected chi connectivity index (χ4v) is 3.86. The third-order valence-electron chi connectivity index (χ3n) is 3.15. The summed E-state index contributed by atoms with van der Waals surface area (Å²) in [6.45, 7) is 1.08. The molecule has 3 rings (SSSR count). The average molecular weight is 431 g/mol. The van der Waals surface area contributed by atoms with Gasteiger partial charge in [0.1, 0.15) is 0 Å². The molecule has 0 unspecified atom stereocenters. The molecule has 2 aromatic rings. The predicted molar refractivity (Wildman–Crippen MR) is 92.0 cm³/mol. The van der Waals surface area contributed by atoms with Crippen molar-refractivity contribution in [1.29, 1.82) is 0 Å². The van der Waals surface area contributed by atoms with E-state index in [1.54, 1.807) is 18.2 Å². The number of hydrogen-bond donors (Lipinski definition) is 1. The Bertz CT molecular complexity index is 792. The van der Waals surface area contributed by atoms with Crippen LogP contribution in [0.3, 0.4) is 0 Å². The first-order chi connectivity index (χ1) is 10.6. The average Bonchev–Trinajstić information content (AvgIpc) is 2.74. The molecule has 1 heterocycles. The van der Waals surface area contributed by atoms with Crippen molar-refractivity contribution in [2.24, 2.45) is 0 Å². The normalized spacial score (nSPS) is 14.2. The van der Waals surface area contributed by atoms with E-state index in [2.05, 4.69) is 27.3 Å². The van der Waals surface area contributed by atoms with Crippen LogP contribution in [0.5, 0.6) is 11.5 Å². The molecule has 0 radical (unpaired) electrons. The van der Waals surface area contributed by atoms with Crippen molar-refractivity contribution in [2.75, 3.05) is 17.9 Å². The Balaban J connectivity index is 1.92. The van der Waals surface area contributed by atoms with Crippen molar-refractivity contribution in [3.05, 3.63) is 46.0 Å². The second kappa shape index (κ2) is 6.33. The molecule has 116 valence electrons. The number of rotatable bonds is 3. The molecule has 22 heavy (non-hydrogen) atoms. The Morgan fingerprint density at radius 3 is 2.50 bits per heavy atom. The molecule has 5 nitrogen and oxygen atoms in total. The number of halogens is 1. The Hall–Kier alpha value is -1.48. The molecule has 0 saturated carbocycles. The number of sulfonamides is 1. The Morgan fingerprint density at radius 2 is 1.73 bits per heavy atom. The van der Waals surface area contributed by atoms with Crippen LogP contribution in [0, 0.1) is 3.57 Å². The molecule has 0 bridgehead atoms. The summed E-state index contributed by atoms with van der Waals surface area (Å²) in [4.78, 5) is 0.149. The first-order valence-electron chi connectivity index (χ1n) is 6.73. The minimum absolute atomic E-state index is 0.149. The zero-order valence-electron chi connectivity index (χ0n) is 11.6. The van der Waals surface area contributed by atoms with Crippen molar-refractivity contribution < 1.29 is 17.9 Å². The number of ether oxygens (including phenoxy) is 2. The zero-order valence-corrected chi connectivity index (χ0v) is 14.6. The summed E-state index contributed by atoms with van der Waals surface area (Å²) in [5.74, 6) is 1.04. The molecule has 0 spiro atoms. The largest absolute Gasteiger partial charge is 0.490 e. The van der Waals surface area contributed by atoms with Gasteiger partial charge in [0, 0.05) is 16.1 Å². The van der Waals surface area contributed by atoms with Gasteiger partial charge >= 0.3 is 0 Å². The molecular weight excluding hydrogens is 417 g/mol. The molecule has 0 saturated heterocycles. The van der Waals surface area contributed by atoms with Crippen molar-refractivity contribution in [3.63, 3.8) is 0 Å². The van der Waals surface area contributed by atoms with Gasteiger partial charge in [0.2, 0.25) is 0 Å². The van der Waals surface area contributed by atoms with Crippen molar-refractivity contribution >= 4 is 38.3 Å². The predicted octanol–water partition coefficient (Wildman–Crippen LogP) is 3.25. The van der Waals surface area contributed by atoms with Gasteiger partial charge in [0.05, 0.1) is 23.8 Å². The van der Waals surface area contributed by atoms with Crippen LogP contribution in [0.25, 0.3) is 0 Å². The maximum Gasteiger partial charge on any atom is 0.262 e. The van der Waals surface area contributed by atoms with Crippen LogP contribution >= 0.6 is 22.6 Å². The fourth-order valence-electron chi connectivity index (χ4n) is 2.06. The summed E-state index contributed by atoms with van der Waals surface area (Å²) >= 11 is 2.09. The second-order valence-corrected chi connectivity index (χ2v) is 7.59. The van der Waals surface area contributed by atoms with E-state index in [-0.39, 0.29) is 4.90 Å². The van der Waals surface area contributed by atoms with Gasteiger partial charge in [0.15, 0.2) is 11.5 Å². The van der Waals surface area contributed by atoms with E-state index in [1.807, 2.05) is 12.1 Å². The summed E-state index contributed by atoms with van der Waals surface area (Å²) in [5.41, 5.74) is 0.551. The number of anilines is 1. The third kappa shape index (κ3) is 3.30. The van der Waals surface area contributed by atoms with E-state index in [4.69, 9.17) is 9.47 Å². The molecule has 1 aliphatic rings. The van der Waals surface area contributed by atoms with Crippen LogP contribution in [0.1, 0.15) is 6.42 Å². The molecule has 0 amide bonds. The molecule has 0 fully saturated rings. The lowest BCUT2D eigenvalue weighted by molar-refractivity contribution is 0.297. The highest BCUT2D eigenvalue weighted by molar-refractivity contribution is 14.1. The summed E-state index contributed by atoms with van der Waals surface area (Å²) in [7, 11) is -3.67. The van der Waals surface area contributed by atoms with E-state index in [0.29, 0.717) is 30.4 Å². The summed E-state index contributed by atoms with van der Waals surface area (Å²) in [6.07, 6.45) is 0.775. The van der Waals surface area contributed by atoms with Crippen molar-refractivity contribution in [2.45, 2.75) is 11.3 Å². The monoisotopic (exact) mass is 431 g/mol. The van der Waals surface area contributed by atoms with E-state index in [9.17, 15) is 8.42 Å². The number of para-hydroxylation sites is 1. The highest BCUT2D eigenvalue weighted by atomic mass is 127. The first-order valence-corrected chi connectivity index (χ1v) is 9.29. The molecule has 0 atom stereocenters. The van der Waals surface area contributed by atoms with Gasteiger partial charge in [-0.3, -0.25) is 4.72 Å². The van der Waals surface area contributed by atoms with Gasteiger partial charge in [-0.25, -0.2) is 8.42 Å². The van der Waals surface area contributed by atoms with E-state index >= 15 is 0 Å². The van der Waals surface area contributed by atoms with Gasteiger partial charge in [-0.05, 0) is 46.9 Å². The standard InChI is InChI=1S/C15H14INO4S/c16-12-4-1-2-5-13(12)17-22(18,19)11-6-7-14-15(10-11)21-9-3-8-20-14/h1-2,4-7,10,17H,3,8-9H2. The maximum atomic E-state index is 12.5. The van der Waals surface area contributed by atoms with Crippen molar-refractivity contribution in [3.8, 4) is 11.5 Å². The number of benzene rings is 2. The van der Waals surface area contributed by atoms with Crippen LogP contribution in [-0.4, -0.2) is 21.6 Å². The second-order valence-electron chi connectivity index (χ2n) is 4.74. The third-order valence-corrected chi connectivity index (χ3v) is 5.45. The fraction of sp³-hybridized carbons (Fsp3) is 0.200. The first kappa shape index (κ1) is 15.4. The molecular formula is C15H14INO4S. The van der Waals surface area contributed by atoms with Crippen LogP contribution in [-0.2, 0) is 10.0 Å². The van der Waals surface area contributed by atoms with Gasteiger partial charge < -0.3 is 9.47 Å². The lowest BCUT2D eigenvalue weighted by Gasteiger charge is -2.12. The Morgan fingerprint density at radius 1 is 1.00 bits per heavy atom. The highest BCUT2D eigenvalue weighted by Crippen LogP contribution is 2.32. The van der Waals surface area contributed by atoms with Crippen LogP contribution in [0.15, 0.2) is 47.4 Å². The van der Waals surface area contributed by atoms with E-state index < -0.39 is 10.0 Å². The Labute approximate surface area is 142 Å². The molecule has 2 aromatic carbocycles. The quantitative estimate of drug-likeness (QED) is 0.759. The van der Waals surface area contributed by atoms with Crippen LogP contribution in [0.2, 0.25) is 0 Å². The lowest BCUT2D eigenvalue weighted by Crippen LogP contribution is -2.14. The van der Waals surface area contributed by atoms with E-state index in [0.717, 1.165) is 9.99 Å². The Kier molecular flexibility index (Phi) is 4.44. The lowest BCUT2D eigenvalue weighted by atomic mass is 10.3. The van der Waals surface area contributed by atoms with Crippen molar-refractivity contribution in [1.82, 2.24) is 0 Å². The molecule has 1 N–H and O–H groups in total. The van der Waals surface area contributed by atoms with Crippen LogP contribution < -0.4 is 14.2 Å². The number of fused-ring (bicyclic) bond motifs is 1. The van der Waals surface area contributed by atoms with E-state index in [1.165, 1.54) is 12.1 Å². The van der Waals surface area contributed by atoms with Crippen LogP contribution in [0.4, 0.5) is 5.69 Å². The maximum absolute atomic E-state index is 12.5. The van der Waals surface area contributed by atoms with Gasteiger partial charge in [-0.2, -0.15) is 0 Å². The minimum Gasteiger partial charge on any atom is -0.490 e. The zero-order chi connectivity index (χ0) is 15.6. The van der Waals surface area contributed by atoms with Gasteiger partial charge in [-0.1, -0.05) is 12.1 Å². The molecule has 1 aliphatic heterocycles. The number of nitrogens with one attached hydrogen (secondary N) is 1. The topological polar surface area (TPSA) is 64.6 Å².